The molecule has 0 aromatic heterocycles. The van der Waals surface area contributed by atoms with Gasteiger partial charge in [0, 0.05) is 13.0 Å². The van der Waals surface area contributed by atoms with Gasteiger partial charge in [-0.05, 0) is 18.1 Å². The van der Waals surface area contributed by atoms with E-state index in [1.165, 1.54) is 6.07 Å². The van der Waals surface area contributed by atoms with Crippen molar-refractivity contribution in [3.63, 3.8) is 0 Å². The standard InChI is InChI=1S/C15H20ClN3O4S2/c1-2-17-24(20,21)13-9-14-12(8-11(13)16)18-15(19-25(14,22)23)7-10-5-3-4-6-10/h8-10,17H,2-7H2,1H3,(H,18,19). The first-order valence-corrected chi connectivity index (χ1v) is 11.5. The summed E-state index contributed by atoms with van der Waals surface area (Å²) >= 11 is 6.09. The SMILES string of the molecule is CCNS(=O)(=O)c1cc2c(cc1Cl)N=C(CC1CCCC1)NS2(=O)=O. The van der Waals surface area contributed by atoms with E-state index in [1.54, 1.807) is 6.92 Å². The number of aliphatic imine (C=N–C) groups is 1. The molecule has 3 rings (SSSR count). The molecule has 0 spiro atoms. The maximum atomic E-state index is 12.6. The normalized spacial score (nSPS) is 20.0. The molecule has 1 heterocycles. The molecule has 1 aromatic rings. The molecule has 1 aliphatic heterocycles. The highest BCUT2D eigenvalue weighted by molar-refractivity contribution is 7.91. The lowest BCUT2D eigenvalue weighted by Gasteiger charge is -2.21. The molecule has 0 bridgehead atoms. The summed E-state index contributed by atoms with van der Waals surface area (Å²) in [4.78, 5) is 3.91. The van der Waals surface area contributed by atoms with Gasteiger partial charge < -0.3 is 0 Å². The van der Waals surface area contributed by atoms with E-state index in [9.17, 15) is 16.8 Å². The molecule has 2 N–H and O–H groups in total. The lowest BCUT2D eigenvalue weighted by atomic mass is 10.0. The predicted octanol–water partition coefficient (Wildman–Crippen LogP) is 2.54. The zero-order valence-corrected chi connectivity index (χ0v) is 16.1. The summed E-state index contributed by atoms with van der Waals surface area (Å²) in [5.74, 6) is 0.810. The third-order valence-electron chi connectivity index (χ3n) is 4.39. The maximum absolute atomic E-state index is 12.6. The number of benzene rings is 1. The van der Waals surface area contributed by atoms with Gasteiger partial charge in [-0.2, -0.15) is 0 Å². The number of fused-ring (bicyclic) bond motifs is 1. The second-order valence-corrected chi connectivity index (χ2v) is 10.1. The molecular formula is C15H20ClN3O4S2. The third kappa shape index (κ3) is 3.84. The summed E-state index contributed by atoms with van der Waals surface area (Å²) in [5.41, 5.74) is 0.173. The van der Waals surface area contributed by atoms with E-state index in [-0.39, 0.29) is 27.0 Å². The average molecular weight is 406 g/mol. The summed E-state index contributed by atoms with van der Waals surface area (Å²) in [5, 5.41) is -0.0548. The fourth-order valence-electron chi connectivity index (χ4n) is 3.25. The largest absolute Gasteiger partial charge is 0.267 e. The predicted molar refractivity (Wildman–Crippen MR) is 96.3 cm³/mol. The maximum Gasteiger partial charge on any atom is 0.265 e. The Hall–Kier alpha value is -1.16. The molecule has 0 radical (unpaired) electrons. The molecule has 1 aliphatic carbocycles. The van der Waals surface area contributed by atoms with Crippen LogP contribution in [0, 0.1) is 5.92 Å². The van der Waals surface area contributed by atoms with Gasteiger partial charge in [0.05, 0.1) is 10.7 Å². The Labute approximate surface area is 153 Å². The minimum absolute atomic E-state index is 0.0548. The van der Waals surface area contributed by atoms with Crippen LogP contribution in [0.4, 0.5) is 5.69 Å². The highest BCUT2D eigenvalue weighted by Crippen LogP contribution is 2.36. The third-order valence-corrected chi connectivity index (χ3v) is 7.81. The minimum Gasteiger partial charge on any atom is -0.267 e. The molecule has 25 heavy (non-hydrogen) atoms. The molecule has 0 unspecified atom stereocenters. The van der Waals surface area contributed by atoms with Crippen molar-refractivity contribution in [1.82, 2.24) is 9.44 Å². The Bertz CT molecular complexity index is 920. The molecular weight excluding hydrogens is 386 g/mol. The van der Waals surface area contributed by atoms with Gasteiger partial charge in [0.1, 0.15) is 15.6 Å². The van der Waals surface area contributed by atoms with Crippen LogP contribution in [0.1, 0.15) is 39.0 Å². The van der Waals surface area contributed by atoms with Crippen LogP contribution in [0.3, 0.4) is 0 Å². The Morgan fingerprint density at radius 1 is 1.32 bits per heavy atom. The van der Waals surface area contributed by atoms with E-state index in [1.807, 2.05) is 0 Å². The summed E-state index contributed by atoms with van der Waals surface area (Å²) < 4.78 is 54.3. The lowest BCUT2D eigenvalue weighted by Crippen LogP contribution is -2.34. The summed E-state index contributed by atoms with van der Waals surface area (Å²) in [6, 6.07) is 2.36. The van der Waals surface area contributed by atoms with Crippen LogP contribution in [-0.2, 0) is 20.0 Å². The van der Waals surface area contributed by atoms with Crippen LogP contribution in [0.15, 0.2) is 26.9 Å². The molecule has 1 fully saturated rings. The van der Waals surface area contributed by atoms with Gasteiger partial charge in [0.15, 0.2) is 0 Å². The number of nitrogens with zero attached hydrogens (tertiary/aromatic N) is 1. The van der Waals surface area contributed by atoms with Crippen LogP contribution >= 0.6 is 11.6 Å². The Morgan fingerprint density at radius 3 is 2.64 bits per heavy atom. The fraction of sp³-hybridized carbons (Fsp3) is 0.533. The molecule has 0 saturated heterocycles. The molecule has 7 nitrogen and oxygen atoms in total. The quantitative estimate of drug-likeness (QED) is 0.785. The fourth-order valence-corrected chi connectivity index (χ4v) is 6.12. The van der Waals surface area contributed by atoms with E-state index in [0.29, 0.717) is 18.2 Å². The molecule has 1 aromatic carbocycles. The molecule has 0 atom stereocenters. The summed E-state index contributed by atoms with van der Waals surface area (Å²) in [7, 11) is -7.76. The number of amidine groups is 1. The van der Waals surface area contributed by atoms with Crippen LogP contribution in [0.25, 0.3) is 0 Å². The van der Waals surface area contributed by atoms with Crippen molar-refractivity contribution in [3.8, 4) is 0 Å². The molecule has 0 amide bonds. The molecule has 1 saturated carbocycles. The van der Waals surface area contributed by atoms with Gasteiger partial charge in [0.2, 0.25) is 10.0 Å². The minimum atomic E-state index is -3.88. The van der Waals surface area contributed by atoms with Crippen molar-refractivity contribution in [2.75, 3.05) is 6.54 Å². The van der Waals surface area contributed by atoms with E-state index >= 15 is 0 Å². The van der Waals surface area contributed by atoms with Crippen LogP contribution in [0.2, 0.25) is 5.02 Å². The number of rotatable bonds is 5. The Kier molecular flexibility index (Phi) is 5.11. The van der Waals surface area contributed by atoms with Gasteiger partial charge in [-0.15, -0.1) is 0 Å². The second kappa shape index (κ2) is 6.86. The van der Waals surface area contributed by atoms with E-state index < -0.39 is 20.0 Å². The van der Waals surface area contributed by atoms with Crippen LogP contribution in [-0.4, -0.2) is 29.2 Å². The van der Waals surface area contributed by atoms with E-state index in [0.717, 1.165) is 31.7 Å². The monoisotopic (exact) mass is 405 g/mol. The Balaban J connectivity index is 2.03. The molecule has 10 heteroatoms. The van der Waals surface area contributed by atoms with Gasteiger partial charge in [-0.25, -0.2) is 26.6 Å². The topological polar surface area (TPSA) is 105 Å². The molecule has 138 valence electrons. The number of sulfonamides is 2. The summed E-state index contributed by atoms with van der Waals surface area (Å²) in [6.07, 6.45) is 4.99. The number of halogens is 1. The number of hydrogen-bond donors (Lipinski definition) is 2. The first-order valence-electron chi connectivity index (χ1n) is 8.16. The van der Waals surface area contributed by atoms with Crippen molar-refractivity contribution in [1.29, 1.82) is 0 Å². The van der Waals surface area contributed by atoms with Crippen molar-refractivity contribution in [3.05, 3.63) is 17.2 Å². The smallest absolute Gasteiger partial charge is 0.265 e. The van der Waals surface area contributed by atoms with Crippen molar-refractivity contribution in [2.45, 2.75) is 48.8 Å². The van der Waals surface area contributed by atoms with Crippen LogP contribution in [0.5, 0.6) is 0 Å². The first-order chi connectivity index (χ1) is 11.7. The van der Waals surface area contributed by atoms with E-state index in [2.05, 4.69) is 14.4 Å². The number of nitrogens with one attached hydrogen (secondary N) is 2. The number of hydrogen-bond acceptors (Lipinski definition) is 5. The van der Waals surface area contributed by atoms with Crippen molar-refractivity contribution >= 4 is 43.2 Å². The second-order valence-electron chi connectivity index (χ2n) is 6.27. The lowest BCUT2D eigenvalue weighted by molar-refractivity contribution is 0.563. The Morgan fingerprint density at radius 2 is 2.00 bits per heavy atom. The first kappa shape index (κ1) is 18.6. The highest BCUT2D eigenvalue weighted by atomic mass is 35.5. The average Bonchev–Trinajstić information content (AvgIpc) is 2.98. The van der Waals surface area contributed by atoms with Gasteiger partial charge in [-0.1, -0.05) is 44.2 Å². The van der Waals surface area contributed by atoms with Gasteiger partial charge in [-0.3, -0.25) is 4.72 Å². The van der Waals surface area contributed by atoms with E-state index in [4.69, 9.17) is 11.6 Å². The molecule has 2 aliphatic rings. The summed E-state index contributed by atoms with van der Waals surface area (Å²) in [6.45, 7) is 1.80. The van der Waals surface area contributed by atoms with Gasteiger partial charge in [0.25, 0.3) is 10.0 Å². The van der Waals surface area contributed by atoms with Crippen molar-refractivity contribution in [2.24, 2.45) is 10.9 Å². The zero-order chi connectivity index (χ0) is 18.2. The zero-order valence-electron chi connectivity index (χ0n) is 13.7. The van der Waals surface area contributed by atoms with Gasteiger partial charge >= 0.3 is 0 Å². The van der Waals surface area contributed by atoms with Crippen molar-refractivity contribution < 1.29 is 16.8 Å². The van der Waals surface area contributed by atoms with Crippen LogP contribution < -0.4 is 9.44 Å². The highest BCUT2D eigenvalue weighted by Gasteiger charge is 2.31.